The second-order valence-corrected chi connectivity index (χ2v) is 4.30. The van der Waals surface area contributed by atoms with Crippen LogP contribution in [0.25, 0.3) is 11.0 Å². The Labute approximate surface area is 95.2 Å². The van der Waals surface area contributed by atoms with E-state index in [0.717, 1.165) is 21.9 Å². The Morgan fingerprint density at radius 3 is 3.00 bits per heavy atom. The first kappa shape index (κ1) is 10.4. The molecule has 0 aliphatic heterocycles. The summed E-state index contributed by atoms with van der Waals surface area (Å²) in [5.41, 5.74) is 7.14. The summed E-state index contributed by atoms with van der Waals surface area (Å²) in [5, 5.41) is 0. The summed E-state index contributed by atoms with van der Waals surface area (Å²) in [6.07, 6.45) is 0.808. The number of H-pyrrole nitrogens is 1. The van der Waals surface area contributed by atoms with Gasteiger partial charge in [0.05, 0.1) is 11.0 Å². The average Bonchev–Trinajstić information content (AvgIpc) is 2.50. The van der Waals surface area contributed by atoms with Crippen LogP contribution in [0, 0.1) is 0 Å². The van der Waals surface area contributed by atoms with Gasteiger partial charge in [-0.25, -0.2) is 4.79 Å². The van der Waals surface area contributed by atoms with Gasteiger partial charge in [-0.3, -0.25) is 4.57 Å². The lowest BCUT2D eigenvalue weighted by atomic mass is 10.3. The quantitative estimate of drug-likeness (QED) is 0.886. The number of nitrogens with two attached hydrogens (primary N) is 1. The number of aromatic nitrogens is 2. The molecule has 0 amide bonds. The van der Waals surface area contributed by atoms with Gasteiger partial charge in [-0.05, 0) is 31.2 Å². The number of imidazole rings is 1. The summed E-state index contributed by atoms with van der Waals surface area (Å²) in [7, 11) is 0. The first-order chi connectivity index (χ1) is 7.22. The minimum Gasteiger partial charge on any atom is -0.330 e. The first-order valence-electron chi connectivity index (χ1n) is 4.80. The van der Waals surface area contributed by atoms with Gasteiger partial charge in [-0.1, -0.05) is 15.9 Å². The summed E-state index contributed by atoms with van der Waals surface area (Å²) >= 11 is 3.37. The highest BCUT2D eigenvalue weighted by Gasteiger charge is 2.05. The van der Waals surface area contributed by atoms with Crippen LogP contribution in [0.3, 0.4) is 0 Å². The van der Waals surface area contributed by atoms with Crippen LogP contribution in [-0.2, 0) is 6.54 Å². The van der Waals surface area contributed by atoms with Gasteiger partial charge in [0.1, 0.15) is 0 Å². The number of nitrogens with zero attached hydrogens (tertiary/aromatic N) is 1. The van der Waals surface area contributed by atoms with Crippen LogP contribution in [-0.4, -0.2) is 16.1 Å². The molecule has 1 aromatic carbocycles. The maximum atomic E-state index is 11.6. The minimum absolute atomic E-state index is 0.0726. The van der Waals surface area contributed by atoms with Crippen molar-refractivity contribution < 1.29 is 0 Å². The van der Waals surface area contributed by atoms with Crippen molar-refractivity contribution in [2.24, 2.45) is 5.73 Å². The van der Waals surface area contributed by atoms with E-state index in [9.17, 15) is 4.79 Å². The predicted octanol–water partition coefficient (Wildman–Crippen LogP) is 1.44. The molecule has 5 heteroatoms. The molecular weight excluding hydrogens is 258 g/mol. The van der Waals surface area contributed by atoms with E-state index in [-0.39, 0.29) is 5.69 Å². The largest absolute Gasteiger partial charge is 0.330 e. The Morgan fingerprint density at radius 2 is 2.27 bits per heavy atom. The number of rotatable bonds is 3. The monoisotopic (exact) mass is 269 g/mol. The van der Waals surface area contributed by atoms with Crippen LogP contribution in [0.1, 0.15) is 6.42 Å². The van der Waals surface area contributed by atoms with E-state index in [0.29, 0.717) is 13.1 Å². The fourth-order valence-corrected chi connectivity index (χ4v) is 1.97. The number of nitrogens with one attached hydrogen (secondary N) is 1. The van der Waals surface area contributed by atoms with Crippen LogP contribution in [0.15, 0.2) is 27.5 Å². The predicted molar refractivity (Wildman–Crippen MR) is 63.9 cm³/mol. The number of aromatic amines is 1. The lowest BCUT2D eigenvalue weighted by molar-refractivity contribution is 0.647. The Balaban J connectivity index is 2.53. The molecule has 0 atom stereocenters. The zero-order valence-electron chi connectivity index (χ0n) is 8.16. The maximum Gasteiger partial charge on any atom is 0.326 e. The molecule has 1 heterocycles. The normalized spacial score (nSPS) is 11.1. The van der Waals surface area contributed by atoms with Crippen molar-refractivity contribution in [3.05, 3.63) is 33.2 Å². The van der Waals surface area contributed by atoms with Crippen molar-refractivity contribution in [2.75, 3.05) is 6.54 Å². The Morgan fingerprint density at radius 1 is 1.47 bits per heavy atom. The molecule has 0 radical (unpaired) electrons. The molecule has 4 nitrogen and oxygen atoms in total. The maximum absolute atomic E-state index is 11.6. The number of hydrogen-bond acceptors (Lipinski definition) is 2. The van der Waals surface area contributed by atoms with E-state index in [1.165, 1.54) is 0 Å². The van der Waals surface area contributed by atoms with Crippen molar-refractivity contribution >= 4 is 27.0 Å². The van der Waals surface area contributed by atoms with Gasteiger partial charge in [-0.15, -0.1) is 0 Å². The Bertz CT molecular complexity index is 529. The molecule has 0 spiro atoms. The van der Waals surface area contributed by atoms with Crippen LogP contribution in [0.2, 0.25) is 0 Å². The zero-order valence-corrected chi connectivity index (χ0v) is 9.75. The van der Waals surface area contributed by atoms with Gasteiger partial charge in [0.2, 0.25) is 0 Å². The summed E-state index contributed by atoms with van der Waals surface area (Å²) in [4.78, 5) is 14.4. The lowest BCUT2D eigenvalue weighted by Crippen LogP contribution is -2.18. The molecule has 0 unspecified atom stereocenters. The van der Waals surface area contributed by atoms with E-state index >= 15 is 0 Å². The minimum atomic E-state index is -0.0726. The van der Waals surface area contributed by atoms with Crippen molar-refractivity contribution in [1.29, 1.82) is 0 Å². The van der Waals surface area contributed by atoms with Crippen molar-refractivity contribution in [1.82, 2.24) is 9.55 Å². The van der Waals surface area contributed by atoms with E-state index in [4.69, 9.17) is 5.73 Å². The van der Waals surface area contributed by atoms with Gasteiger partial charge in [-0.2, -0.15) is 0 Å². The molecule has 2 rings (SSSR count). The van der Waals surface area contributed by atoms with E-state index < -0.39 is 0 Å². The molecule has 0 saturated heterocycles. The number of halogens is 1. The smallest absolute Gasteiger partial charge is 0.326 e. The zero-order chi connectivity index (χ0) is 10.8. The summed E-state index contributed by atoms with van der Waals surface area (Å²) in [6.45, 7) is 1.26. The molecule has 2 aromatic rings. The lowest BCUT2D eigenvalue weighted by Gasteiger charge is -2.01. The Hall–Kier alpha value is -1.07. The highest BCUT2D eigenvalue weighted by Crippen LogP contribution is 2.16. The highest BCUT2D eigenvalue weighted by atomic mass is 79.9. The Kier molecular flexibility index (Phi) is 2.93. The van der Waals surface area contributed by atoms with Crippen LogP contribution >= 0.6 is 15.9 Å². The summed E-state index contributed by atoms with van der Waals surface area (Å²) in [6, 6.07) is 5.75. The molecule has 0 aliphatic rings. The third kappa shape index (κ3) is 1.98. The van der Waals surface area contributed by atoms with Crippen molar-refractivity contribution in [3.8, 4) is 0 Å². The van der Waals surface area contributed by atoms with Crippen LogP contribution in [0.5, 0.6) is 0 Å². The molecule has 1 aromatic heterocycles. The van der Waals surface area contributed by atoms with E-state index in [1.54, 1.807) is 4.57 Å². The third-order valence-electron chi connectivity index (χ3n) is 2.32. The van der Waals surface area contributed by atoms with Gasteiger partial charge in [0.25, 0.3) is 0 Å². The molecule has 15 heavy (non-hydrogen) atoms. The average molecular weight is 270 g/mol. The van der Waals surface area contributed by atoms with Gasteiger partial charge in [0, 0.05) is 11.0 Å². The first-order valence-corrected chi connectivity index (χ1v) is 5.60. The fourth-order valence-electron chi connectivity index (χ4n) is 1.61. The summed E-state index contributed by atoms with van der Waals surface area (Å²) in [5.74, 6) is 0. The number of aryl methyl sites for hydroxylation is 1. The molecule has 0 aliphatic carbocycles. The van der Waals surface area contributed by atoms with Crippen molar-refractivity contribution in [2.45, 2.75) is 13.0 Å². The van der Waals surface area contributed by atoms with Gasteiger partial charge >= 0.3 is 5.69 Å². The van der Waals surface area contributed by atoms with Crippen molar-refractivity contribution in [3.63, 3.8) is 0 Å². The topological polar surface area (TPSA) is 63.8 Å². The summed E-state index contributed by atoms with van der Waals surface area (Å²) < 4.78 is 2.68. The third-order valence-corrected chi connectivity index (χ3v) is 2.82. The van der Waals surface area contributed by atoms with Crippen LogP contribution in [0.4, 0.5) is 0 Å². The van der Waals surface area contributed by atoms with Gasteiger partial charge < -0.3 is 10.7 Å². The molecule has 80 valence electrons. The molecule has 0 fully saturated rings. The second kappa shape index (κ2) is 4.20. The molecular formula is C10H12BrN3O. The SMILES string of the molecule is NCCCn1c(=O)[nH]c2cc(Br)ccc21. The highest BCUT2D eigenvalue weighted by molar-refractivity contribution is 9.10. The standard InChI is InChI=1S/C10H12BrN3O/c11-7-2-3-9-8(6-7)13-10(15)14(9)5-1-4-12/h2-3,6H,1,4-5,12H2,(H,13,15). The second-order valence-electron chi connectivity index (χ2n) is 3.39. The van der Waals surface area contributed by atoms with E-state index in [2.05, 4.69) is 20.9 Å². The van der Waals surface area contributed by atoms with Crippen LogP contribution < -0.4 is 11.4 Å². The van der Waals surface area contributed by atoms with Gasteiger partial charge in [0.15, 0.2) is 0 Å². The molecule has 0 saturated carbocycles. The fraction of sp³-hybridized carbons (Fsp3) is 0.300. The number of benzene rings is 1. The van der Waals surface area contributed by atoms with E-state index in [1.807, 2.05) is 18.2 Å². The number of fused-ring (bicyclic) bond motifs is 1. The molecule has 3 N–H and O–H groups in total. The molecule has 0 bridgehead atoms. The number of hydrogen-bond donors (Lipinski definition) is 2.